The topological polar surface area (TPSA) is 60.9 Å². The van der Waals surface area contributed by atoms with Gasteiger partial charge in [0, 0.05) is 44.2 Å². The van der Waals surface area contributed by atoms with E-state index in [4.69, 9.17) is 0 Å². The first-order valence-electron chi connectivity index (χ1n) is 13.0. The van der Waals surface area contributed by atoms with Gasteiger partial charge in [0.25, 0.3) is 0 Å². The molecule has 0 bridgehead atoms. The lowest BCUT2D eigenvalue weighted by Gasteiger charge is -2.48. The zero-order valence-electron chi connectivity index (χ0n) is 23.0. The minimum atomic E-state index is -1.52. The maximum atomic E-state index is 15.2. The number of aldehydes is 1. The molecule has 206 valence electrons. The molecule has 3 aromatic carbocycles. The standard InChI is InChI=1S/C32H31F2N3O3/c1-22-9-8-10-23(2)26(22)21-36-16-17-37(32(3,15-18-38)30(36)39)31(40)35(4)29-27(33)19-25(20-28(29)34)14-13-24-11-6-5-7-12-24/h5-12,18-20H,15-17,21H2,1-4H3. The number of hydrogen-bond donors (Lipinski definition) is 0. The van der Waals surface area contributed by atoms with Crippen molar-refractivity contribution >= 4 is 23.9 Å². The number of carbonyl (C=O) groups excluding carboxylic acids is 3. The van der Waals surface area contributed by atoms with Crippen LogP contribution in [0.3, 0.4) is 0 Å². The van der Waals surface area contributed by atoms with Gasteiger partial charge in [-0.15, -0.1) is 0 Å². The summed E-state index contributed by atoms with van der Waals surface area (Å²) in [7, 11) is 1.24. The smallest absolute Gasteiger partial charge is 0.325 e. The number of rotatable bonds is 5. The van der Waals surface area contributed by atoms with Crippen LogP contribution in [0.5, 0.6) is 0 Å². The van der Waals surface area contributed by atoms with E-state index in [-0.39, 0.29) is 25.1 Å². The Morgan fingerprint density at radius 2 is 1.57 bits per heavy atom. The van der Waals surface area contributed by atoms with Crippen molar-refractivity contribution < 1.29 is 23.2 Å². The second-order valence-corrected chi connectivity index (χ2v) is 10.1. The van der Waals surface area contributed by atoms with E-state index >= 15 is 8.78 Å². The van der Waals surface area contributed by atoms with E-state index in [9.17, 15) is 14.4 Å². The molecule has 4 rings (SSSR count). The first-order chi connectivity index (χ1) is 19.1. The van der Waals surface area contributed by atoms with E-state index in [2.05, 4.69) is 11.8 Å². The molecule has 0 saturated carbocycles. The Morgan fingerprint density at radius 1 is 0.975 bits per heavy atom. The van der Waals surface area contributed by atoms with Crippen LogP contribution < -0.4 is 4.90 Å². The third-order valence-corrected chi connectivity index (χ3v) is 7.41. The number of anilines is 1. The lowest BCUT2D eigenvalue weighted by Crippen LogP contribution is -2.67. The molecule has 3 amide bonds. The van der Waals surface area contributed by atoms with Gasteiger partial charge >= 0.3 is 6.03 Å². The second kappa shape index (κ2) is 11.7. The molecular formula is C32H31F2N3O3. The fourth-order valence-electron chi connectivity index (χ4n) is 5.03. The van der Waals surface area contributed by atoms with Crippen LogP contribution in [0.2, 0.25) is 0 Å². The maximum absolute atomic E-state index is 15.2. The Kier molecular flexibility index (Phi) is 8.34. The van der Waals surface area contributed by atoms with Gasteiger partial charge in [-0.05, 0) is 61.7 Å². The number of hydrogen-bond acceptors (Lipinski definition) is 3. The molecule has 8 heteroatoms. The Hall–Kier alpha value is -4.51. The van der Waals surface area contributed by atoms with Crippen molar-refractivity contribution in [2.45, 2.75) is 39.3 Å². The average Bonchev–Trinajstić information content (AvgIpc) is 2.92. The number of amides is 3. The van der Waals surface area contributed by atoms with E-state index in [1.54, 1.807) is 17.0 Å². The van der Waals surface area contributed by atoms with Crippen LogP contribution in [0.4, 0.5) is 19.3 Å². The summed E-state index contributed by atoms with van der Waals surface area (Å²) >= 11 is 0. The van der Waals surface area contributed by atoms with Crippen LogP contribution in [0.15, 0.2) is 60.7 Å². The highest BCUT2D eigenvalue weighted by molar-refractivity contribution is 5.99. The molecule has 1 fully saturated rings. The molecule has 0 N–H and O–H groups in total. The predicted molar refractivity (Wildman–Crippen MR) is 150 cm³/mol. The molecule has 6 nitrogen and oxygen atoms in total. The first-order valence-corrected chi connectivity index (χ1v) is 13.0. The van der Waals surface area contributed by atoms with E-state index in [1.807, 2.05) is 50.2 Å². The van der Waals surface area contributed by atoms with Gasteiger partial charge in [-0.1, -0.05) is 48.2 Å². The number of aryl methyl sites for hydroxylation is 2. The van der Waals surface area contributed by atoms with Gasteiger partial charge < -0.3 is 14.6 Å². The third kappa shape index (κ3) is 5.59. The molecule has 0 spiro atoms. The van der Waals surface area contributed by atoms with Gasteiger partial charge in [0.2, 0.25) is 5.91 Å². The number of benzene rings is 3. The number of nitrogens with zero attached hydrogens (tertiary/aromatic N) is 3. The van der Waals surface area contributed by atoms with Crippen molar-refractivity contribution in [2.24, 2.45) is 0 Å². The molecular weight excluding hydrogens is 512 g/mol. The Bertz CT molecular complexity index is 1470. The summed E-state index contributed by atoms with van der Waals surface area (Å²) in [6.45, 7) is 6.08. The monoisotopic (exact) mass is 543 g/mol. The summed E-state index contributed by atoms with van der Waals surface area (Å²) in [6, 6.07) is 16.2. The summed E-state index contributed by atoms with van der Waals surface area (Å²) in [4.78, 5) is 42.7. The van der Waals surface area contributed by atoms with Gasteiger partial charge in [-0.25, -0.2) is 13.6 Å². The molecule has 1 aliphatic heterocycles. The van der Waals surface area contributed by atoms with Gasteiger partial charge in [-0.3, -0.25) is 9.69 Å². The van der Waals surface area contributed by atoms with Crippen molar-refractivity contribution in [3.63, 3.8) is 0 Å². The van der Waals surface area contributed by atoms with Crippen molar-refractivity contribution in [2.75, 3.05) is 25.0 Å². The van der Waals surface area contributed by atoms with Crippen molar-refractivity contribution in [3.8, 4) is 11.8 Å². The number of carbonyl (C=O) groups is 3. The van der Waals surface area contributed by atoms with Crippen LogP contribution in [-0.4, -0.2) is 53.7 Å². The highest BCUT2D eigenvalue weighted by atomic mass is 19.1. The van der Waals surface area contributed by atoms with E-state index < -0.39 is 34.8 Å². The van der Waals surface area contributed by atoms with Gasteiger partial charge in [-0.2, -0.15) is 0 Å². The highest BCUT2D eigenvalue weighted by Gasteiger charge is 2.48. The normalized spacial score (nSPS) is 16.8. The predicted octanol–water partition coefficient (Wildman–Crippen LogP) is 5.23. The quantitative estimate of drug-likeness (QED) is 0.327. The molecule has 0 aromatic heterocycles. The summed E-state index contributed by atoms with van der Waals surface area (Å²) in [6.07, 6.45) is 0.329. The second-order valence-electron chi connectivity index (χ2n) is 10.1. The number of halogens is 2. The maximum Gasteiger partial charge on any atom is 0.325 e. The van der Waals surface area contributed by atoms with Crippen LogP contribution in [0.1, 0.15) is 41.2 Å². The zero-order chi connectivity index (χ0) is 29.0. The third-order valence-electron chi connectivity index (χ3n) is 7.41. The average molecular weight is 544 g/mol. The van der Waals surface area contributed by atoms with E-state index in [1.165, 1.54) is 18.9 Å². The van der Waals surface area contributed by atoms with Gasteiger partial charge in [0.15, 0.2) is 11.6 Å². The molecule has 40 heavy (non-hydrogen) atoms. The van der Waals surface area contributed by atoms with Gasteiger partial charge in [0.05, 0.1) is 0 Å². The van der Waals surface area contributed by atoms with Crippen LogP contribution in [-0.2, 0) is 16.1 Å². The van der Waals surface area contributed by atoms with Crippen molar-refractivity contribution in [3.05, 3.63) is 100 Å². The minimum absolute atomic E-state index is 0.0913. The Labute approximate surface area is 233 Å². The fourth-order valence-corrected chi connectivity index (χ4v) is 5.03. The van der Waals surface area contributed by atoms with E-state index in [0.717, 1.165) is 33.7 Å². The molecule has 0 aliphatic carbocycles. The lowest BCUT2D eigenvalue weighted by molar-refractivity contribution is -0.149. The largest absolute Gasteiger partial charge is 0.335 e. The lowest BCUT2D eigenvalue weighted by atomic mass is 9.91. The number of piperazine rings is 1. The SMILES string of the molecule is Cc1cccc(C)c1CN1CCN(C(=O)N(C)c2c(F)cc(C#Cc3ccccc3)cc2F)C(C)(CC=O)C1=O. The van der Waals surface area contributed by atoms with E-state index in [0.29, 0.717) is 18.4 Å². The van der Waals surface area contributed by atoms with Crippen LogP contribution >= 0.6 is 0 Å². The minimum Gasteiger partial charge on any atom is -0.335 e. The summed E-state index contributed by atoms with van der Waals surface area (Å²) in [5.41, 5.74) is 1.79. The van der Waals surface area contributed by atoms with Crippen LogP contribution in [0.25, 0.3) is 0 Å². The first kappa shape index (κ1) is 28.5. The summed E-state index contributed by atoms with van der Waals surface area (Å²) in [5, 5.41) is 0. The molecule has 3 aromatic rings. The highest BCUT2D eigenvalue weighted by Crippen LogP contribution is 2.32. The molecule has 1 atom stereocenters. The molecule has 0 radical (unpaired) electrons. The fraction of sp³-hybridized carbons (Fsp3) is 0.281. The summed E-state index contributed by atoms with van der Waals surface area (Å²) < 4.78 is 30.3. The van der Waals surface area contributed by atoms with Crippen molar-refractivity contribution in [1.29, 1.82) is 0 Å². The zero-order valence-corrected chi connectivity index (χ0v) is 23.0. The molecule has 1 saturated heterocycles. The Balaban J connectivity index is 1.59. The summed E-state index contributed by atoms with van der Waals surface area (Å²) in [5.74, 6) is 3.25. The molecule has 1 heterocycles. The molecule has 1 unspecified atom stereocenters. The van der Waals surface area contributed by atoms with Crippen molar-refractivity contribution in [1.82, 2.24) is 9.80 Å². The molecule has 1 aliphatic rings. The number of urea groups is 1. The van der Waals surface area contributed by atoms with Crippen LogP contribution in [0, 0.1) is 37.3 Å². The Morgan fingerprint density at radius 3 is 2.17 bits per heavy atom. The van der Waals surface area contributed by atoms with Gasteiger partial charge in [0.1, 0.15) is 17.5 Å².